The van der Waals surface area contributed by atoms with Crippen LogP contribution in [-0.2, 0) is 11.2 Å². The summed E-state index contributed by atoms with van der Waals surface area (Å²) in [7, 11) is 0. The van der Waals surface area contributed by atoms with Gasteiger partial charge in [-0.2, -0.15) is 5.10 Å². The molecule has 0 fully saturated rings. The van der Waals surface area contributed by atoms with Gasteiger partial charge in [0.15, 0.2) is 0 Å². The number of aromatic nitrogens is 3. The molecule has 0 aliphatic heterocycles. The van der Waals surface area contributed by atoms with Gasteiger partial charge in [-0.3, -0.25) is 4.79 Å². The second-order valence-electron chi connectivity index (χ2n) is 3.18. The molecule has 0 radical (unpaired) electrons. The Morgan fingerprint density at radius 1 is 1.50 bits per heavy atom. The molecule has 0 saturated heterocycles. The van der Waals surface area contributed by atoms with Crippen LogP contribution in [0.15, 0.2) is 30.9 Å². The van der Waals surface area contributed by atoms with Gasteiger partial charge >= 0.3 is 5.97 Å². The number of carboxylic acids is 1. The zero-order valence-electron chi connectivity index (χ0n) is 8.17. The molecule has 0 spiro atoms. The normalized spacial score (nSPS) is 10.3. The zero-order chi connectivity index (χ0) is 11.5. The molecule has 0 saturated carbocycles. The van der Waals surface area contributed by atoms with Crippen LogP contribution in [0.5, 0.6) is 0 Å². The van der Waals surface area contributed by atoms with Gasteiger partial charge in [-0.25, -0.2) is 9.67 Å². The molecule has 82 valence electrons. The molecule has 0 bridgehead atoms. The SMILES string of the molecule is O=C(O)Cc1cc(Cl)ccc1-n1cncn1. The maximum atomic E-state index is 10.7. The van der Waals surface area contributed by atoms with Gasteiger partial charge in [0.2, 0.25) is 0 Å². The number of carbonyl (C=O) groups is 1. The maximum absolute atomic E-state index is 10.7. The number of aliphatic carboxylic acids is 1. The van der Waals surface area contributed by atoms with E-state index in [1.807, 2.05) is 0 Å². The third-order valence-corrected chi connectivity index (χ3v) is 2.28. The van der Waals surface area contributed by atoms with Gasteiger partial charge in [0.1, 0.15) is 12.7 Å². The van der Waals surface area contributed by atoms with E-state index in [-0.39, 0.29) is 6.42 Å². The van der Waals surface area contributed by atoms with Crippen molar-refractivity contribution in [1.29, 1.82) is 0 Å². The van der Waals surface area contributed by atoms with E-state index >= 15 is 0 Å². The summed E-state index contributed by atoms with van der Waals surface area (Å²) in [5.41, 5.74) is 1.27. The van der Waals surface area contributed by atoms with Crippen LogP contribution in [0.25, 0.3) is 5.69 Å². The van der Waals surface area contributed by atoms with Gasteiger partial charge in [-0.1, -0.05) is 11.6 Å². The number of carboxylic acid groups (broad SMARTS) is 1. The second-order valence-corrected chi connectivity index (χ2v) is 3.62. The van der Waals surface area contributed by atoms with Crippen molar-refractivity contribution in [2.75, 3.05) is 0 Å². The standard InChI is InChI=1S/C10H8ClN3O2/c11-8-1-2-9(14-6-12-5-13-14)7(3-8)4-10(15)16/h1-3,5-6H,4H2,(H,15,16). The van der Waals surface area contributed by atoms with E-state index in [0.29, 0.717) is 16.3 Å². The highest BCUT2D eigenvalue weighted by atomic mass is 35.5. The molecule has 1 aromatic carbocycles. The minimum Gasteiger partial charge on any atom is -0.481 e. The fourth-order valence-corrected chi connectivity index (χ4v) is 1.61. The molecular weight excluding hydrogens is 230 g/mol. The predicted molar refractivity (Wildman–Crippen MR) is 57.7 cm³/mol. The van der Waals surface area contributed by atoms with Crippen molar-refractivity contribution >= 4 is 17.6 Å². The Labute approximate surface area is 96.3 Å². The number of benzene rings is 1. The highest BCUT2D eigenvalue weighted by Gasteiger charge is 2.09. The van der Waals surface area contributed by atoms with Gasteiger partial charge in [0, 0.05) is 5.02 Å². The van der Waals surface area contributed by atoms with Crippen molar-refractivity contribution < 1.29 is 9.90 Å². The summed E-state index contributed by atoms with van der Waals surface area (Å²) in [6.07, 6.45) is 2.80. The molecule has 2 aromatic rings. The highest BCUT2D eigenvalue weighted by molar-refractivity contribution is 6.30. The van der Waals surface area contributed by atoms with Crippen molar-refractivity contribution in [3.05, 3.63) is 41.4 Å². The van der Waals surface area contributed by atoms with Crippen LogP contribution >= 0.6 is 11.6 Å². The molecule has 2 rings (SSSR count). The summed E-state index contributed by atoms with van der Waals surface area (Å²) >= 11 is 5.82. The van der Waals surface area contributed by atoms with Crippen molar-refractivity contribution in [1.82, 2.24) is 14.8 Å². The van der Waals surface area contributed by atoms with Crippen LogP contribution in [-0.4, -0.2) is 25.8 Å². The Kier molecular flexibility index (Phi) is 2.87. The van der Waals surface area contributed by atoms with Crippen molar-refractivity contribution in [3.8, 4) is 5.69 Å². The van der Waals surface area contributed by atoms with Gasteiger partial charge < -0.3 is 5.11 Å². The molecule has 1 heterocycles. The average molecular weight is 238 g/mol. The van der Waals surface area contributed by atoms with E-state index in [1.165, 1.54) is 17.3 Å². The third kappa shape index (κ3) is 2.20. The Balaban J connectivity index is 2.48. The van der Waals surface area contributed by atoms with Crippen molar-refractivity contribution in [2.45, 2.75) is 6.42 Å². The second kappa shape index (κ2) is 4.32. The molecular formula is C10H8ClN3O2. The van der Waals surface area contributed by atoms with Gasteiger partial charge in [-0.15, -0.1) is 0 Å². The Morgan fingerprint density at radius 2 is 2.31 bits per heavy atom. The average Bonchev–Trinajstić information content (AvgIpc) is 2.69. The summed E-state index contributed by atoms with van der Waals surface area (Å²) in [5, 5.41) is 13.2. The summed E-state index contributed by atoms with van der Waals surface area (Å²) in [4.78, 5) is 14.5. The molecule has 0 amide bonds. The van der Waals surface area contributed by atoms with E-state index in [1.54, 1.807) is 18.2 Å². The van der Waals surface area contributed by atoms with E-state index in [2.05, 4.69) is 10.1 Å². The molecule has 0 aliphatic rings. The van der Waals surface area contributed by atoms with Crippen LogP contribution in [0.1, 0.15) is 5.56 Å². The Hall–Kier alpha value is -1.88. The van der Waals surface area contributed by atoms with E-state index < -0.39 is 5.97 Å². The molecule has 0 atom stereocenters. The molecule has 1 aromatic heterocycles. The lowest BCUT2D eigenvalue weighted by Crippen LogP contribution is -2.06. The number of hydrogen-bond acceptors (Lipinski definition) is 3. The van der Waals surface area contributed by atoms with E-state index in [9.17, 15) is 4.79 Å². The Morgan fingerprint density at radius 3 is 2.94 bits per heavy atom. The van der Waals surface area contributed by atoms with Crippen LogP contribution in [0, 0.1) is 0 Å². The van der Waals surface area contributed by atoms with Crippen LogP contribution in [0.3, 0.4) is 0 Å². The van der Waals surface area contributed by atoms with Gasteiger partial charge in [0.05, 0.1) is 12.1 Å². The fraction of sp³-hybridized carbons (Fsp3) is 0.100. The van der Waals surface area contributed by atoms with Crippen LogP contribution < -0.4 is 0 Å². The van der Waals surface area contributed by atoms with Gasteiger partial charge in [-0.05, 0) is 23.8 Å². The summed E-state index contributed by atoms with van der Waals surface area (Å²) in [6.45, 7) is 0. The molecule has 0 unspecified atom stereocenters. The first-order chi connectivity index (χ1) is 7.66. The molecule has 0 aliphatic carbocycles. The minimum atomic E-state index is -0.913. The van der Waals surface area contributed by atoms with Crippen LogP contribution in [0.2, 0.25) is 5.02 Å². The molecule has 1 N–H and O–H groups in total. The van der Waals surface area contributed by atoms with E-state index in [0.717, 1.165) is 0 Å². The minimum absolute atomic E-state index is 0.101. The third-order valence-electron chi connectivity index (χ3n) is 2.05. The number of nitrogens with zero attached hydrogens (tertiary/aromatic N) is 3. The lowest BCUT2D eigenvalue weighted by molar-refractivity contribution is -0.136. The van der Waals surface area contributed by atoms with Crippen LogP contribution in [0.4, 0.5) is 0 Å². The summed E-state index contributed by atoms with van der Waals surface area (Å²) < 4.78 is 1.51. The van der Waals surface area contributed by atoms with Crippen molar-refractivity contribution in [3.63, 3.8) is 0 Å². The van der Waals surface area contributed by atoms with E-state index in [4.69, 9.17) is 16.7 Å². The first kappa shape index (κ1) is 10.6. The zero-order valence-corrected chi connectivity index (χ0v) is 8.92. The Bertz CT molecular complexity index is 511. The number of halogens is 1. The number of hydrogen-bond donors (Lipinski definition) is 1. The smallest absolute Gasteiger partial charge is 0.307 e. The highest BCUT2D eigenvalue weighted by Crippen LogP contribution is 2.19. The van der Waals surface area contributed by atoms with Gasteiger partial charge in [0.25, 0.3) is 0 Å². The quantitative estimate of drug-likeness (QED) is 0.880. The fourth-order valence-electron chi connectivity index (χ4n) is 1.41. The lowest BCUT2D eigenvalue weighted by atomic mass is 10.1. The maximum Gasteiger partial charge on any atom is 0.307 e. The lowest BCUT2D eigenvalue weighted by Gasteiger charge is -2.07. The molecule has 16 heavy (non-hydrogen) atoms. The molecule has 5 nitrogen and oxygen atoms in total. The predicted octanol–water partition coefficient (Wildman–Crippen LogP) is 1.55. The summed E-state index contributed by atoms with van der Waals surface area (Å²) in [5.74, 6) is -0.913. The topological polar surface area (TPSA) is 68.0 Å². The summed E-state index contributed by atoms with van der Waals surface area (Å²) in [6, 6.07) is 5.02. The first-order valence-corrected chi connectivity index (χ1v) is 4.90. The van der Waals surface area contributed by atoms with Crippen molar-refractivity contribution in [2.24, 2.45) is 0 Å². The monoisotopic (exact) mass is 237 g/mol. The largest absolute Gasteiger partial charge is 0.481 e. The first-order valence-electron chi connectivity index (χ1n) is 4.52. The number of rotatable bonds is 3. The molecule has 6 heteroatoms.